The summed E-state index contributed by atoms with van der Waals surface area (Å²) in [6.45, 7) is 3.17. The summed E-state index contributed by atoms with van der Waals surface area (Å²) in [7, 11) is 0. The average molecular weight is 279 g/mol. The maximum Gasteiger partial charge on any atom is 0.233 e. The van der Waals surface area contributed by atoms with E-state index < -0.39 is 0 Å². The van der Waals surface area contributed by atoms with Crippen molar-refractivity contribution < 1.29 is 0 Å². The Morgan fingerprint density at radius 2 is 2.10 bits per heavy atom. The van der Waals surface area contributed by atoms with Gasteiger partial charge in [0.1, 0.15) is 0 Å². The molecule has 1 aliphatic rings. The van der Waals surface area contributed by atoms with Crippen LogP contribution in [0.5, 0.6) is 0 Å². The molecule has 0 aromatic carbocycles. The van der Waals surface area contributed by atoms with E-state index in [1.807, 2.05) is 37.1 Å². The summed E-state index contributed by atoms with van der Waals surface area (Å²) in [6.07, 6.45) is 10.6. The third-order valence-corrected chi connectivity index (χ3v) is 4.15. The van der Waals surface area contributed by atoms with Gasteiger partial charge in [-0.05, 0) is 30.7 Å². The lowest BCUT2D eigenvalue weighted by atomic mass is 10.0. The van der Waals surface area contributed by atoms with Gasteiger partial charge in [-0.3, -0.25) is 14.3 Å². The first-order valence-electron chi connectivity index (χ1n) is 7.29. The zero-order valence-corrected chi connectivity index (χ0v) is 11.8. The van der Waals surface area contributed by atoms with Crippen molar-refractivity contribution in [3.63, 3.8) is 0 Å². The van der Waals surface area contributed by atoms with Crippen LogP contribution in [0.1, 0.15) is 23.6 Å². The number of aromatic nitrogens is 4. The maximum absolute atomic E-state index is 4.29. The monoisotopic (exact) mass is 279 g/mol. The van der Waals surface area contributed by atoms with Crippen molar-refractivity contribution in [1.82, 2.24) is 24.3 Å². The third kappa shape index (κ3) is 2.40. The van der Waals surface area contributed by atoms with E-state index >= 15 is 0 Å². The lowest BCUT2D eigenvalue weighted by molar-refractivity contribution is 0.326. The van der Waals surface area contributed by atoms with Crippen LogP contribution in [0.3, 0.4) is 0 Å². The van der Waals surface area contributed by atoms with Gasteiger partial charge in [-0.15, -0.1) is 0 Å². The molecule has 0 radical (unpaired) electrons. The van der Waals surface area contributed by atoms with Gasteiger partial charge < -0.3 is 0 Å². The standard InChI is InChI=1S/C16H17N5/c1-2-13(10-17-5-1)11-20-8-4-14(12-20)15-3-6-18-16-19-7-9-21(15)16/h1-3,5-7,9-10,14H,4,8,11-12H2/t14-/m0/s1. The molecule has 0 amide bonds. The number of nitrogens with zero attached hydrogens (tertiary/aromatic N) is 5. The second-order valence-electron chi connectivity index (χ2n) is 5.55. The van der Waals surface area contributed by atoms with E-state index in [0.717, 1.165) is 25.4 Å². The van der Waals surface area contributed by atoms with E-state index in [1.165, 1.54) is 17.7 Å². The van der Waals surface area contributed by atoms with Crippen LogP contribution >= 0.6 is 0 Å². The molecule has 5 heteroatoms. The molecule has 0 saturated carbocycles. The quantitative estimate of drug-likeness (QED) is 0.736. The Morgan fingerprint density at radius 1 is 1.14 bits per heavy atom. The molecule has 0 unspecified atom stereocenters. The highest BCUT2D eigenvalue weighted by atomic mass is 15.2. The van der Waals surface area contributed by atoms with Crippen molar-refractivity contribution in [3.8, 4) is 0 Å². The molecule has 0 spiro atoms. The van der Waals surface area contributed by atoms with E-state index in [1.54, 1.807) is 0 Å². The van der Waals surface area contributed by atoms with Crippen molar-refractivity contribution in [2.45, 2.75) is 18.9 Å². The summed E-state index contributed by atoms with van der Waals surface area (Å²) in [5, 5.41) is 0. The van der Waals surface area contributed by atoms with Gasteiger partial charge in [0.15, 0.2) is 0 Å². The van der Waals surface area contributed by atoms with Gasteiger partial charge >= 0.3 is 0 Å². The average Bonchev–Trinajstić information content (AvgIpc) is 3.16. The van der Waals surface area contributed by atoms with Crippen molar-refractivity contribution in [3.05, 3.63) is 60.4 Å². The van der Waals surface area contributed by atoms with E-state index in [2.05, 4.69) is 36.4 Å². The number of rotatable bonds is 3. The fraction of sp³-hybridized carbons (Fsp3) is 0.312. The summed E-state index contributed by atoms with van der Waals surface area (Å²) < 4.78 is 2.11. The second kappa shape index (κ2) is 5.26. The predicted molar refractivity (Wildman–Crippen MR) is 79.9 cm³/mol. The molecular formula is C16H17N5. The summed E-state index contributed by atoms with van der Waals surface area (Å²) in [5.74, 6) is 1.33. The fourth-order valence-corrected chi connectivity index (χ4v) is 3.15. The van der Waals surface area contributed by atoms with E-state index in [0.29, 0.717) is 5.92 Å². The Morgan fingerprint density at radius 3 is 3.00 bits per heavy atom. The molecule has 3 aromatic rings. The summed E-state index contributed by atoms with van der Waals surface area (Å²) in [5.41, 5.74) is 2.59. The first-order valence-corrected chi connectivity index (χ1v) is 7.29. The van der Waals surface area contributed by atoms with Crippen molar-refractivity contribution in [2.75, 3.05) is 13.1 Å². The highest BCUT2D eigenvalue weighted by Crippen LogP contribution is 2.28. The normalized spacial score (nSPS) is 19.3. The molecule has 0 aliphatic carbocycles. The highest BCUT2D eigenvalue weighted by Gasteiger charge is 2.25. The number of likely N-dealkylation sites (tertiary alicyclic amines) is 1. The minimum atomic E-state index is 0.543. The first-order chi connectivity index (χ1) is 10.4. The van der Waals surface area contributed by atoms with Crippen LogP contribution in [0, 0.1) is 0 Å². The summed E-state index contributed by atoms with van der Waals surface area (Å²) in [4.78, 5) is 15.2. The smallest absolute Gasteiger partial charge is 0.233 e. The number of pyridine rings is 1. The van der Waals surface area contributed by atoms with E-state index in [9.17, 15) is 0 Å². The van der Waals surface area contributed by atoms with Crippen LogP contribution in [0.25, 0.3) is 5.78 Å². The molecule has 0 N–H and O–H groups in total. The lowest BCUT2D eigenvalue weighted by Gasteiger charge is -2.16. The Kier molecular flexibility index (Phi) is 3.12. The Hall–Kier alpha value is -2.27. The molecule has 4 heterocycles. The molecule has 1 aliphatic heterocycles. The van der Waals surface area contributed by atoms with Crippen LogP contribution in [-0.2, 0) is 6.54 Å². The third-order valence-electron chi connectivity index (χ3n) is 4.15. The summed E-state index contributed by atoms with van der Waals surface area (Å²) >= 11 is 0. The van der Waals surface area contributed by atoms with Gasteiger partial charge in [-0.2, -0.15) is 0 Å². The number of imidazole rings is 1. The van der Waals surface area contributed by atoms with Gasteiger partial charge in [0.2, 0.25) is 5.78 Å². The molecule has 0 bridgehead atoms. The maximum atomic E-state index is 4.29. The van der Waals surface area contributed by atoms with Crippen LogP contribution in [0.2, 0.25) is 0 Å². The molecule has 5 nitrogen and oxygen atoms in total. The van der Waals surface area contributed by atoms with Crippen LogP contribution in [-0.4, -0.2) is 37.3 Å². The zero-order chi connectivity index (χ0) is 14.1. The molecule has 1 atom stereocenters. The minimum absolute atomic E-state index is 0.543. The second-order valence-corrected chi connectivity index (χ2v) is 5.55. The van der Waals surface area contributed by atoms with Gasteiger partial charge in [0, 0.05) is 55.7 Å². The minimum Gasteiger partial charge on any atom is -0.298 e. The van der Waals surface area contributed by atoms with Crippen LogP contribution < -0.4 is 0 Å². The molecule has 1 fully saturated rings. The van der Waals surface area contributed by atoms with Crippen LogP contribution in [0.15, 0.2) is 49.2 Å². The Labute approximate surface area is 123 Å². The summed E-state index contributed by atoms with van der Waals surface area (Å²) in [6, 6.07) is 6.26. The lowest BCUT2D eigenvalue weighted by Crippen LogP contribution is -2.20. The molecule has 21 heavy (non-hydrogen) atoms. The molecule has 106 valence electrons. The molecule has 4 rings (SSSR count). The van der Waals surface area contributed by atoms with Gasteiger partial charge in [0.25, 0.3) is 0 Å². The van der Waals surface area contributed by atoms with Gasteiger partial charge in [-0.1, -0.05) is 6.07 Å². The zero-order valence-electron chi connectivity index (χ0n) is 11.8. The van der Waals surface area contributed by atoms with Crippen molar-refractivity contribution in [2.24, 2.45) is 0 Å². The predicted octanol–water partition coefficient (Wildman–Crippen LogP) is 2.11. The number of fused-ring (bicyclic) bond motifs is 1. The molecular weight excluding hydrogens is 262 g/mol. The van der Waals surface area contributed by atoms with E-state index in [-0.39, 0.29) is 0 Å². The van der Waals surface area contributed by atoms with Gasteiger partial charge in [0.05, 0.1) is 0 Å². The van der Waals surface area contributed by atoms with Crippen molar-refractivity contribution >= 4 is 5.78 Å². The Bertz CT molecular complexity index is 737. The fourth-order valence-electron chi connectivity index (χ4n) is 3.15. The van der Waals surface area contributed by atoms with E-state index in [4.69, 9.17) is 0 Å². The molecule has 3 aromatic heterocycles. The Balaban J connectivity index is 1.52. The van der Waals surface area contributed by atoms with Gasteiger partial charge in [-0.25, -0.2) is 9.97 Å². The first kappa shape index (κ1) is 12.5. The largest absolute Gasteiger partial charge is 0.298 e. The van der Waals surface area contributed by atoms with Crippen LogP contribution in [0.4, 0.5) is 0 Å². The molecule has 1 saturated heterocycles. The SMILES string of the molecule is c1cncc(CN2CC[C@H](c3ccnc4nccn34)C2)c1. The highest BCUT2D eigenvalue weighted by molar-refractivity contribution is 5.31. The van der Waals surface area contributed by atoms with Crippen molar-refractivity contribution in [1.29, 1.82) is 0 Å². The number of hydrogen-bond donors (Lipinski definition) is 0. The topological polar surface area (TPSA) is 46.3 Å². The number of hydrogen-bond acceptors (Lipinski definition) is 4.